The van der Waals surface area contributed by atoms with Crippen LogP contribution in [0.5, 0.6) is 23.0 Å². The van der Waals surface area contributed by atoms with Crippen molar-refractivity contribution in [3.05, 3.63) is 81.9 Å². The summed E-state index contributed by atoms with van der Waals surface area (Å²) in [5.74, 6) is 0.0420. The minimum absolute atomic E-state index is 0.0382. The summed E-state index contributed by atoms with van der Waals surface area (Å²) in [6.45, 7) is 7.77. The molecule has 0 saturated carbocycles. The van der Waals surface area contributed by atoms with E-state index in [4.69, 9.17) is 18.9 Å². The maximum Gasteiger partial charge on any atom is 0.300 e. The van der Waals surface area contributed by atoms with E-state index in [1.54, 1.807) is 25.3 Å². The summed E-state index contributed by atoms with van der Waals surface area (Å²) in [4.78, 5) is 28.8. The molecule has 0 spiro atoms. The van der Waals surface area contributed by atoms with Crippen LogP contribution in [0.4, 0.5) is 5.69 Å². The SMILES string of the molecule is COc1cc(C)c(/C(O)=C2\C(=O)C(=O)N(c3cccc(C)c3)C2c2cc(OC)c(OC)c(OC)c2)cc1C(C)C. The van der Waals surface area contributed by atoms with E-state index in [0.29, 0.717) is 45.4 Å². The number of anilines is 1. The van der Waals surface area contributed by atoms with Gasteiger partial charge in [-0.25, -0.2) is 0 Å². The molecule has 210 valence electrons. The molecule has 40 heavy (non-hydrogen) atoms. The summed E-state index contributed by atoms with van der Waals surface area (Å²) < 4.78 is 22.2. The lowest BCUT2D eigenvalue weighted by Gasteiger charge is -2.27. The highest BCUT2D eigenvalue weighted by Gasteiger charge is 2.47. The van der Waals surface area contributed by atoms with E-state index in [0.717, 1.165) is 11.1 Å². The van der Waals surface area contributed by atoms with Crippen LogP contribution in [0.1, 0.15) is 53.6 Å². The Labute approximate surface area is 234 Å². The Morgan fingerprint density at radius 3 is 2.00 bits per heavy atom. The Morgan fingerprint density at radius 1 is 0.850 bits per heavy atom. The second-order valence-corrected chi connectivity index (χ2v) is 10.0. The van der Waals surface area contributed by atoms with Gasteiger partial charge in [0.25, 0.3) is 11.7 Å². The van der Waals surface area contributed by atoms with Crippen LogP contribution in [0.15, 0.2) is 54.1 Å². The van der Waals surface area contributed by atoms with E-state index in [1.165, 1.54) is 26.2 Å². The van der Waals surface area contributed by atoms with Crippen molar-refractivity contribution >= 4 is 23.1 Å². The molecule has 0 radical (unpaired) electrons. The predicted octanol–water partition coefficient (Wildman–Crippen LogP) is 6.09. The van der Waals surface area contributed by atoms with Gasteiger partial charge < -0.3 is 24.1 Å². The first-order valence-electron chi connectivity index (χ1n) is 12.9. The molecular formula is C32H35NO7. The Kier molecular flexibility index (Phi) is 8.09. The molecule has 4 rings (SSSR count). The highest BCUT2D eigenvalue weighted by molar-refractivity contribution is 6.51. The lowest BCUT2D eigenvalue weighted by molar-refractivity contribution is -0.132. The number of ketones is 1. The molecule has 1 atom stereocenters. The van der Waals surface area contributed by atoms with Gasteiger partial charge in [-0.3, -0.25) is 14.5 Å². The lowest BCUT2D eigenvalue weighted by atomic mass is 9.90. The van der Waals surface area contributed by atoms with Crippen LogP contribution in [0.25, 0.3) is 5.76 Å². The van der Waals surface area contributed by atoms with Gasteiger partial charge in [0.2, 0.25) is 5.75 Å². The number of benzene rings is 3. The first kappa shape index (κ1) is 28.5. The van der Waals surface area contributed by atoms with Crippen LogP contribution in [0.3, 0.4) is 0 Å². The van der Waals surface area contributed by atoms with E-state index in [1.807, 2.05) is 58.0 Å². The van der Waals surface area contributed by atoms with Crippen molar-refractivity contribution in [1.82, 2.24) is 0 Å². The fourth-order valence-electron chi connectivity index (χ4n) is 5.18. The number of hydrogen-bond acceptors (Lipinski definition) is 7. The third-order valence-electron chi connectivity index (χ3n) is 7.18. The third kappa shape index (κ3) is 4.85. The number of methoxy groups -OCH3 is 4. The van der Waals surface area contributed by atoms with E-state index in [9.17, 15) is 14.7 Å². The molecule has 1 saturated heterocycles. The summed E-state index contributed by atoms with van der Waals surface area (Å²) in [6, 6.07) is 13.4. The van der Waals surface area contributed by atoms with Crippen molar-refractivity contribution in [2.24, 2.45) is 0 Å². The molecular weight excluding hydrogens is 510 g/mol. The van der Waals surface area contributed by atoms with Crippen LogP contribution in [-0.2, 0) is 9.59 Å². The maximum atomic E-state index is 13.7. The van der Waals surface area contributed by atoms with E-state index in [2.05, 4.69) is 0 Å². The molecule has 1 N–H and O–H groups in total. The Bertz CT molecular complexity index is 1480. The number of rotatable bonds is 8. The Morgan fingerprint density at radius 2 is 1.48 bits per heavy atom. The average Bonchev–Trinajstić information content (AvgIpc) is 3.21. The zero-order valence-corrected chi connectivity index (χ0v) is 24.1. The number of Topliss-reactive ketones (excluding diaryl/α,β-unsaturated/α-hetero) is 1. The number of hydrogen-bond donors (Lipinski definition) is 1. The zero-order valence-electron chi connectivity index (χ0n) is 24.1. The lowest BCUT2D eigenvalue weighted by Crippen LogP contribution is -2.29. The molecule has 3 aromatic carbocycles. The number of ether oxygens (including phenoxy) is 4. The molecule has 8 heteroatoms. The van der Waals surface area contributed by atoms with Gasteiger partial charge in [-0.1, -0.05) is 26.0 Å². The summed E-state index contributed by atoms with van der Waals surface area (Å²) >= 11 is 0. The van der Waals surface area contributed by atoms with Gasteiger partial charge in [0.1, 0.15) is 11.5 Å². The fourth-order valence-corrected chi connectivity index (χ4v) is 5.18. The number of amides is 1. The smallest absolute Gasteiger partial charge is 0.300 e. The van der Waals surface area contributed by atoms with E-state index < -0.39 is 17.7 Å². The first-order valence-corrected chi connectivity index (χ1v) is 12.9. The monoisotopic (exact) mass is 545 g/mol. The van der Waals surface area contributed by atoms with Gasteiger partial charge in [-0.05, 0) is 78.4 Å². The summed E-state index contributed by atoms with van der Waals surface area (Å²) in [6.07, 6.45) is 0. The van der Waals surface area contributed by atoms with Crippen molar-refractivity contribution in [2.75, 3.05) is 33.3 Å². The summed E-state index contributed by atoms with van der Waals surface area (Å²) in [7, 11) is 6.08. The van der Waals surface area contributed by atoms with Crippen LogP contribution < -0.4 is 23.8 Å². The average molecular weight is 546 g/mol. The quantitative estimate of drug-likeness (QED) is 0.208. The largest absolute Gasteiger partial charge is 0.507 e. The van der Waals surface area contributed by atoms with Gasteiger partial charge in [-0.2, -0.15) is 0 Å². The van der Waals surface area contributed by atoms with Crippen LogP contribution in [0, 0.1) is 13.8 Å². The van der Waals surface area contributed by atoms with Crippen LogP contribution >= 0.6 is 0 Å². The number of aliphatic hydroxyl groups excluding tert-OH is 1. The van der Waals surface area contributed by atoms with Gasteiger partial charge in [0.15, 0.2) is 11.5 Å². The molecule has 1 aliphatic rings. The van der Waals surface area contributed by atoms with Crippen molar-refractivity contribution in [1.29, 1.82) is 0 Å². The number of carbonyl (C=O) groups is 2. The third-order valence-corrected chi connectivity index (χ3v) is 7.18. The summed E-state index contributed by atoms with van der Waals surface area (Å²) in [5, 5.41) is 11.8. The molecule has 3 aromatic rings. The van der Waals surface area contributed by atoms with Crippen LogP contribution in [0.2, 0.25) is 0 Å². The number of nitrogens with zero attached hydrogens (tertiary/aromatic N) is 1. The van der Waals surface area contributed by atoms with Crippen molar-refractivity contribution in [3.63, 3.8) is 0 Å². The highest BCUT2D eigenvalue weighted by atomic mass is 16.5. The summed E-state index contributed by atoms with van der Waals surface area (Å²) in [5.41, 5.74) is 3.92. The Balaban J connectivity index is 2.06. The number of carbonyl (C=O) groups excluding carboxylic acids is 2. The molecule has 0 aliphatic carbocycles. The molecule has 1 amide bonds. The number of aliphatic hydroxyl groups is 1. The van der Waals surface area contributed by atoms with Gasteiger partial charge in [0.05, 0.1) is 40.1 Å². The second kappa shape index (κ2) is 11.3. The van der Waals surface area contributed by atoms with Gasteiger partial charge in [0, 0.05) is 11.3 Å². The second-order valence-electron chi connectivity index (χ2n) is 10.0. The highest BCUT2D eigenvalue weighted by Crippen LogP contribution is 2.47. The molecule has 0 bridgehead atoms. The minimum atomic E-state index is -0.973. The number of aryl methyl sites for hydroxylation is 2. The molecule has 1 fully saturated rings. The standard InChI is InChI=1S/C32H35NO7/c1-17(2)22-16-23(19(4)13-24(22)37-5)29(34)27-28(20-14-25(38-6)31(40-8)26(15-20)39-7)33(32(36)30(27)35)21-11-9-10-18(3)12-21/h9-17,28,34H,1-8H3/b29-27+. The van der Waals surface area contributed by atoms with E-state index in [-0.39, 0.29) is 17.3 Å². The first-order chi connectivity index (χ1) is 19.1. The van der Waals surface area contributed by atoms with Crippen LogP contribution in [-0.4, -0.2) is 45.2 Å². The van der Waals surface area contributed by atoms with Crippen molar-refractivity contribution in [3.8, 4) is 23.0 Å². The molecule has 1 heterocycles. The Hall–Kier alpha value is -4.46. The van der Waals surface area contributed by atoms with Gasteiger partial charge >= 0.3 is 0 Å². The maximum absolute atomic E-state index is 13.7. The molecule has 1 aliphatic heterocycles. The molecule has 1 unspecified atom stereocenters. The molecule has 8 nitrogen and oxygen atoms in total. The minimum Gasteiger partial charge on any atom is -0.507 e. The van der Waals surface area contributed by atoms with Crippen molar-refractivity contribution < 1.29 is 33.6 Å². The van der Waals surface area contributed by atoms with Crippen molar-refractivity contribution in [2.45, 2.75) is 39.7 Å². The van der Waals surface area contributed by atoms with Gasteiger partial charge in [-0.15, -0.1) is 0 Å². The zero-order chi connectivity index (χ0) is 29.3. The predicted molar refractivity (Wildman–Crippen MR) is 154 cm³/mol. The van der Waals surface area contributed by atoms with E-state index >= 15 is 0 Å². The fraction of sp³-hybridized carbons (Fsp3) is 0.312. The normalized spacial score (nSPS) is 16.4. The molecule has 0 aromatic heterocycles. The topological polar surface area (TPSA) is 94.5 Å².